The molecule has 0 unspecified atom stereocenters. The van der Waals surface area contributed by atoms with Crippen LogP contribution in [0.3, 0.4) is 0 Å². The first-order valence-electron chi connectivity index (χ1n) is 5.37. The quantitative estimate of drug-likeness (QED) is 0.718. The molecule has 0 aromatic heterocycles. The second-order valence-corrected chi connectivity index (χ2v) is 3.23. The summed E-state index contributed by atoms with van der Waals surface area (Å²) in [4.78, 5) is 0. The predicted molar refractivity (Wildman–Crippen MR) is 66.1 cm³/mol. The molecule has 0 rings (SSSR count). The Kier molecular flexibility index (Phi) is 25.8. The zero-order chi connectivity index (χ0) is 12.7. The molecule has 0 aliphatic carbocycles. The number of ether oxygens (including phenoxy) is 1. The van der Waals surface area contributed by atoms with Gasteiger partial charge >= 0.3 is 0 Å². The SMILES string of the molecule is CC(C)=C(C)C.CCOCC.OCCO. The third kappa shape index (κ3) is 42.0. The van der Waals surface area contributed by atoms with Crippen molar-refractivity contribution in [2.45, 2.75) is 41.5 Å². The van der Waals surface area contributed by atoms with E-state index in [0.29, 0.717) is 0 Å². The van der Waals surface area contributed by atoms with Gasteiger partial charge in [-0.2, -0.15) is 0 Å². The molecule has 0 fully saturated rings. The van der Waals surface area contributed by atoms with Crippen LogP contribution < -0.4 is 0 Å². The molecule has 0 aliphatic rings. The molecule has 0 bridgehead atoms. The summed E-state index contributed by atoms with van der Waals surface area (Å²) >= 11 is 0. The van der Waals surface area contributed by atoms with Gasteiger partial charge < -0.3 is 14.9 Å². The number of allylic oxidation sites excluding steroid dienone is 2. The Morgan fingerprint density at radius 1 is 0.800 bits per heavy atom. The van der Waals surface area contributed by atoms with Crippen LogP contribution in [0, 0.1) is 0 Å². The van der Waals surface area contributed by atoms with Crippen LogP contribution in [0.2, 0.25) is 0 Å². The van der Waals surface area contributed by atoms with E-state index in [4.69, 9.17) is 14.9 Å². The van der Waals surface area contributed by atoms with E-state index in [1.165, 1.54) is 11.1 Å². The molecule has 2 N–H and O–H groups in total. The molecule has 0 aromatic carbocycles. The lowest BCUT2D eigenvalue weighted by molar-refractivity contribution is 0.162. The van der Waals surface area contributed by atoms with Crippen molar-refractivity contribution in [3.63, 3.8) is 0 Å². The van der Waals surface area contributed by atoms with Gasteiger partial charge in [-0.05, 0) is 41.5 Å². The molecule has 0 aromatic rings. The van der Waals surface area contributed by atoms with E-state index in [9.17, 15) is 0 Å². The van der Waals surface area contributed by atoms with Crippen molar-refractivity contribution in [1.82, 2.24) is 0 Å². The molecule has 94 valence electrons. The van der Waals surface area contributed by atoms with E-state index in [0.717, 1.165) is 13.2 Å². The van der Waals surface area contributed by atoms with Gasteiger partial charge in [0.25, 0.3) is 0 Å². The molecule has 0 saturated heterocycles. The first-order valence-corrected chi connectivity index (χ1v) is 5.37. The van der Waals surface area contributed by atoms with Gasteiger partial charge in [0, 0.05) is 13.2 Å². The van der Waals surface area contributed by atoms with Crippen LogP contribution in [0.4, 0.5) is 0 Å². The van der Waals surface area contributed by atoms with Crippen LogP contribution in [0.25, 0.3) is 0 Å². The lowest BCUT2D eigenvalue weighted by Crippen LogP contribution is -1.85. The van der Waals surface area contributed by atoms with Crippen molar-refractivity contribution in [2.75, 3.05) is 26.4 Å². The molecular formula is C12H28O3. The molecule has 3 nitrogen and oxygen atoms in total. The third-order valence-corrected chi connectivity index (χ3v) is 1.51. The van der Waals surface area contributed by atoms with Gasteiger partial charge in [-0.25, -0.2) is 0 Å². The number of rotatable bonds is 3. The monoisotopic (exact) mass is 220 g/mol. The van der Waals surface area contributed by atoms with E-state index in [1.54, 1.807) is 0 Å². The van der Waals surface area contributed by atoms with Crippen molar-refractivity contribution in [1.29, 1.82) is 0 Å². The van der Waals surface area contributed by atoms with Crippen molar-refractivity contribution < 1.29 is 14.9 Å². The highest BCUT2D eigenvalue weighted by molar-refractivity contribution is 5.02. The molecule has 0 atom stereocenters. The lowest BCUT2D eigenvalue weighted by Gasteiger charge is -1.88. The van der Waals surface area contributed by atoms with Crippen molar-refractivity contribution in [2.24, 2.45) is 0 Å². The van der Waals surface area contributed by atoms with Crippen LogP contribution in [-0.4, -0.2) is 36.6 Å². The van der Waals surface area contributed by atoms with Crippen LogP contribution in [0.5, 0.6) is 0 Å². The number of hydrogen-bond donors (Lipinski definition) is 2. The Morgan fingerprint density at radius 3 is 1.07 bits per heavy atom. The smallest absolute Gasteiger partial charge is 0.0662 e. The van der Waals surface area contributed by atoms with E-state index in [1.807, 2.05) is 13.8 Å². The summed E-state index contributed by atoms with van der Waals surface area (Å²) in [5.74, 6) is 0. The summed E-state index contributed by atoms with van der Waals surface area (Å²) in [5, 5.41) is 15.2. The molecule has 0 heterocycles. The Bertz CT molecular complexity index is 109. The Balaban J connectivity index is -0.000000147. The van der Waals surface area contributed by atoms with Gasteiger partial charge in [-0.15, -0.1) is 0 Å². The van der Waals surface area contributed by atoms with Crippen LogP contribution >= 0.6 is 0 Å². The summed E-state index contributed by atoms with van der Waals surface area (Å²) in [6.45, 7) is 13.9. The molecular weight excluding hydrogens is 192 g/mol. The molecule has 0 saturated carbocycles. The minimum atomic E-state index is -0.125. The van der Waals surface area contributed by atoms with Gasteiger partial charge in [0.1, 0.15) is 0 Å². The first kappa shape index (κ1) is 20.1. The van der Waals surface area contributed by atoms with Gasteiger partial charge in [0.15, 0.2) is 0 Å². The highest BCUT2D eigenvalue weighted by atomic mass is 16.5. The van der Waals surface area contributed by atoms with Crippen molar-refractivity contribution >= 4 is 0 Å². The fourth-order valence-electron chi connectivity index (χ4n) is 0.204. The Morgan fingerprint density at radius 2 is 1.07 bits per heavy atom. The number of hydrogen-bond acceptors (Lipinski definition) is 3. The highest BCUT2D eigenvalue weighted by Gasteiger charge is 1.75. The molecule has 0 radical (unpaired) electrons. The van der Waals surface area contributed by atoms with Crippen LogP contribution in [-0.2, 0) is 4.74 Å². The maximum Gasteiger partial charge on any atom is 0.0662 e. The van der Waals surface area contributed by atoms with Gasteiger partial charge in [0.2, 0.25) is 0 Å². The fourth-order valence-corrected chi connectivity index (χ4v) is 0.204. The maximum atomic E-state index is 7.62. The average molecular weight is 220 g/mol. The van der Waals surface area contributed by atoms with E-state index >= 15 is 0 Å². The van der Waals surface area contributed by atoms with E-state index < -0.39 is 0 Å². The highest BCUT2D eigenvalue weighted by Crippen LogP contribution is 1.96. The summed E-state index contributed by atoms with van der Waals surface area (Å²) in [6.07, 6.45) is 0. The molecule has 0 amide bonds. The summed E-state index contributed by atoms with van der Waals surface area (Å²) < 4.78 is 4.83. The molecule has 0 spiro atoms. The molecule has 15 heavy (non-hydrogen) atoms. The summed E-state index contributed by atoms with van der Waals surface area (Å²) in [5.41, 5.74) is 2.85. The molecule has 0 aliphatic heterocycles. The second kappa shape index (κ2) is 19.2. The topological polar surface area (TPSA) is 49.7 Å². The number of aliphatic hydroxyl groups is 2. The average Bonchev–Trinajstić information content (AvgIpc) is 2.20. The Hall–Kier alpha value is -0.380. The minimum absolute atomic E-state index is 0.125. The summed E-state index contributed by atoms with van der Waals surface area (Å²) in [6, 6.07) is 0. The van der Waals surface area contributed by atoms with Gasteiger partial charge in [0.05, 0.1) is 13.2 Å². The van der Waals surface area contributed by atoms with Crippen LogP contribution in [0.1, 0.15) is 41.5 Å². The maximum absolute atomic E-state index is 7.62. The van der Waals surface area contributed by atoms with Gasteiger partial charge in [-0.3, -0.25) is 0 Å². The van der Waals surface area contributed by atoms with Crippen molar-refractivity contribution in [3.8, 4) is 0 Å². The zero-order valence-electron chi connectivity index (χ0n) is 11.1. The standard InChI is InChI=1S/C6H12.C4H10O.C2H6O2/c1-5(2)6(3)4;1-3-5-4-2;3-1-2-4/h1-4H3;3-4H2,1-2H3;3-4H,1-2H2. The third-order valence-electron chi connectivity index (χ3n) is 1.51. The normalized spacial score (nSPS) is 8.00. The largest absolute Gasteiger partial charge is 0.394 e. The molecule has 3 heteroatoms. The van der Waals surface area contributed by atoms with Gasteiger partial charge in [-0.1, -0.05) is 11.1 Å². The van der Waals surface area contributed by atoms with E-state index in [2.05, 4.69) is 27.7 Å². The first-order chi connectivity index (χ1) is 6.97. The lowest BCUT2D eigenvalue weighted by atomic mass is 10.2. The van der Waals surface area contributed by atoms with Crippen LogP contribution in [0.15, 0.2) is 11.1 Å². The number of aliphatic hydroxyl groups excluding tert-OH is 2. The minimum Gasteiger partial charge on any atom is -0.394 e. The van der Waals surface area contributed by atoms with Crippen molar-refractivity contribution in [3.05, 3.63) is 11.1 Å². The Labute approximate surface area is 94.8 Å². The fraction of sp³-hybridized carbons (Fsp3) is 0.833. The predicted octanol–water partition coefficient (Wildman–Crippen LogP) is 2.38. The van der Waals surface area contributed by atoms with E-state index in [-0.39, 0.29) is 13.2 Å². The zero-order valence-corrected chi connectivity index (χ0v) is 11.1. The second-order valence-electron chi connectivity index (χ2n) is 3.23. The summed E-state index contributed by atoms with van der Waals surface area (Å²) in [7, 11) is 0.